The van der Waals surface area contributed by atoms with Gasteiger partial charge in [0.15, 0.2) is 5.82 Å². The lowest BCUT2D eigenvalue weighted by molar-refractivity contribution is 0.178. The molecule has 0 saturated heterocycles. The predicted molar refractivity (Wildman–Crippen MR) is 81.6 cm³/mol. The standard InChI is InChI=1S/C13H19N5OS/c1-8-4-5-10(20-8)9(2)15-11-6-12(18-14)17-13(16-11)7-19-3/h4-6,9H,7,14H2,1-3H3,(H2,15,16,17,18). The van der Waals surface area contributed by atoms with E-state index in [9.17, 15) is 0 Å². The Balaban J connectivity index is 2.17. The highest BCUT2D eigenvalue weighted by molar-refractivity contribution is 7.12. The van der Waals surface area contributed by atoms with Gasteiger partial charge in [-0.2, -0.15) is 0 Å². The Morgan fingerprint density at radius 2 is 2.10 bits per heavy atom. The smallest absolute Gasteiger partial charge is 0.158 e. The van der Waals surface area contributed by atoms with E-state index in [2.05, 4.69) is 46.7 Å². The maximum absolute atomic E-state index is 5.42. The van der Waals surface area contributed by atoms with Crippen molar-refractivity contribution in [2.75, 3.05) is 17.9 Å². The van der Waals surface area contributed by atoms with Crippen LogP contribution >= 0.6 is 11.3 Å². The summed E-state index contributed by atoms with van der Waals surface area (Å²) in [5.74, 6) is 7.29. The molecule has 0 amide bonds. The topological polar surface area (TPSA) is 85.1 Å². The van der Waals surface area contributed by atoms with E-state index in [1.807, 2.05) is 0 Å². The molecule has 0 aromatic carbocycles. The molecule has 4 N–H and O–H groups in total. The van der Waals surface area contributed by atoms with Gasteiger partial charge in [0.1, 0.15) is 18.2 Å². The number of anilines is 2. The van der Waals surface area contributed by atoms with E-state index in [1.165, 1.54) is 9.75 Å². The van der Waals surface area contributed by atoms with E-state index < -0.39 is 0 Å². The van der Waals surface area contributed by atoms with Crippen molar-refractivity contribution in [2.24, 2.45) is 5.84 Å². The van der Waals surface area contributed by atoms with Crippen LogP contribution in [-0.4, -0.2) is 17.1 Å². The maximum atomic E-state index is 5.42. The van der Waals surface area contributed by atoms with Gasteiger partial charge in [0.05, 0.1) is 6.04 Å². The molecule has 0 aliphatic heterocycles. The first-order valence-corrected chi connectivity index (χ1v) is 7.10. The molecule has 2 rings (SSSR count). The van der Waals surface area contributed by atoms with Crippen LogP contribution in [0.2, 0.25) is 0 Å². The first-order valence-electron chi connectivity index (χ1n) is 6.28. The molecule has 0 fully saturated rings. The number of hydrogen-bond acceptors (Lipinski definition) is 7. The van der Waals surface area contributed by atoms with Crippen LogP contribution in [0.4, 0.5) is 11.6 Å². The SMILES string of the molecule is COCc1nc(NN)cc(NC(C)c2ccc(C)s2)n1. The van der Waals surface area contributed by atoms with Gasteiger partial charge >= 0.3 is 0 Å². The van der Waals surface area contributed by atoms with Gasteiger partial charge in [-0.1, -0.05) is 0 Å². The molecular weight excluding hydrogens is 274 g/mol. The fourth-order valence-corrected chi connectivity index (χ4v) is 2.70. The van der Waals surface area contributed by atoms with Crippen molar-refractivity contribution in [1.29, 1.82) is 0 Å². The molecule has 0 spiro atoms. The lowest BCUT2D eigenvalue weighted by Crippen LogP contribution is -2.13. The molecule has 6 nitrogen and oxygen atoms in total. The second kappa shape index (κ2) is 6.65. The zero-order valence-corrected chi connectivity index (χ0v) is 12.6. The van der Waals surface area contributed by atoms with Crippen molar-refractivity contribution >= 4 is 23.0 Å². The van der Waals surface area contributed by atoms with Crippen LogP contribution < -0.4 is 16.6 Å². The first kappa shape index (κ1) is 14.7. The third kappa shape index (κ3) is 3.66. The molecule has 2 aromatic rings. The number of nitrogens with zero attached hydrogens (tertiary/aromatic N) is 2. The molecule has 0 aliphatic rings. The Kier molecular flexibility index (Phi) is 4.89. The molecule has 0 radical (unpaired) electrons. The molecule has 0 bridgehead atoms. The molecule has 2 heterocycles. The number of hydrogen-bond donors (Lipinski definition) is 3. The average molecular weight is 293 g/mol. The zero-order valence-electron chi connectivity index (χ0n) is 11.8. The molecule has 0 aliphatic carbocycles. The van der Waals surface area contributed by atoms with E-state index in [4.69, 9.17) is 10.6 Å². The summed E-state index contributed by atoms with van der Waals surface area (Å²) in [5, 5.41) is 3.35. The minimum Gasteiger partial charge on any atom is -0.377 e. The van der Waals surface area contributed by atoms with Gasteiger partial charge in [-0.3, -0.25) is 0 Å². The van der Waals surface area contributed by atoms with E-state index in [0.29, 0.717) is 18.2 Å². The van der Waals surface area contributed by atoms with Crippen molar-refractivity contribution in [1.82, 2.24) is 9.97 Å². The molecule has 1 atom stereocenters. The Hall–Kier alpha value is -1.70. The Morgan fingerprint density at radius 3 is 2.70 bits per heavy atom. The van der Waals surface area contributed by atoms with Gasteiger partial charge in [0.25, 0.3) is 0 Å². The molecule has 2 aromatic heterocycles. The van der Waals surface area contributed by atoms with E-state index >= 15 is 0 Å². The predicted octanol–water partition coefficient (Wildman–Crippen LogP) is 2.45. The second-order valence-electron chi connectivity index (χ2n) is 4.45. The van der Waals surface area contributed by atoms with Gasteiger partial charge in [-0.25, -0.2) is 15.8 Å². The minimum absolute atomic E-state index is 0.171. The number of rotatable bonds is 6. The summed E-state index contributed by atoms with van der Waals surface area (Å²) in [7, 11) is 1.61. The fraction of sp³-hybridized carbons (Fsp3) is 0.385. The van der Waals surface area contributed by atoms with E-state index in [1.54, 1.807) is 24.5 Å². The average Bonchev–Trinajstić information content (AvgIpc) is 2.85. The normalized spacial score (nSPS) is 12.2. The Morgan fingerprint density at radius 1 is 1.35 bits per heavy atom. The summed E-state index contributed by atoms with van der Waals surface area (Å²) in [6, 6.07) is 6.18. The maximum Gasteiger partial charge on any atom is 0.158 e. The van der Waals surface area contributed by atoms with Crippen molar-refractivity contribution < 1.29 is 4.74 Å². The van der Waals surface area contributed by atoms with Crippen LogP contribution in [0.3, 0.4) is 0 Å². The quantitative estimate of drug-likeness (QED) is 0.560. The summed E-state index contributed by atoms with van der Waals surface area (Å²) in [4.78, 5) is 11.2. The summed E-state index contributed by atoms with van der Waals surface area (Å²) in [5.41, 5.74) is 2.54. The Labute approximate surface area is 122 Å². The largest absolute Gasteiger partial charge is 0.377 e. The number of hydrazine groups is 1. The van der Waals surface area contributed by atoms with Gasteiger partial charge in [-0.05, 0) is 26.0 Å². The van der Waals surface area contributed by atoms with Crippen LogP contribution in [0.5, 0.6) is 0 Å². The molecular formula is C13H19N5OS. The zero-order chi connectivity index (χ0) is 14.5. The number of ether oxygens (including phenoxy) is 1. The molecule has 108 valence electrons. The highest BCUT2D eigenvalue weighted by Crippen LogP contribution is 2.25. The Bertz CT molecular complexity index is 572. The summed E-state index contributed by atoms with van der Waals surface area (Å²) in [6.07, 6.45) is 0. The van der Waals surface area contributed by atoms with Crippen molar-refractivity contribution in [3.63, 3.8) is 0 Å². The molecule has 7 heteroatoms. The summed E-state index contributed by atoms with van der Waals surface area (Å²) < 4.78 is 5.06. The first-order chi connectivity index (χ1) is 9.62. The van der Waals surface area contributed by atoms with Gasteiger partial charge < -0.3 is 15.5 Å². The van der Waals surface area contributed by atoms with Crippen LogP contribution in [0, 0.1) is 6.92 Å². The number of aryl methyl sites for hydroxylation is 1. The lowest BCUT2D eigenvalue weighted by Gasteiger charge is -2.14. The molecule has 20 heavy (non-hydrogen) atoms. The highest BCUT2D eigenvalue weighted by Gasteiger charge is 2.10. The van der Waals surface area contributed by atoms with Gasteiger partial charge in [0, 0.05) is 22.9 Å². The van der Waals surface area contributed by atoms with Crippen LogP contribution in [0.1, 0.15) is 28.5 Å². The third-order valence-corrected chi connectivity index (χ3v) is 3.93. The molecule has 1 unspecified atom stereocenters. The van der Waals surface area contributed by atoms with Crippen molar-refractivity contribution in [3.8, 4) is 0 Å². The highest BCUT2D eigenvalue weighted by atomic mass is 32.1. The fourth-order valence-electron chi connectivity index (χ4n) is 1.82. The van der Waals surface area contributed by atoms with Gasteiger partial charge in [-0.15, -0.1) is 11.3 Å². The summed E-state index contributed by atoms with van der Waals surface area (Å²) >= 11 is 1.77. The van der Waals surface area contributed by atoms with Crippen LogP contribution in [0.15, 0.2) is 18.2 Å². The number of aromatic nitrogens is 2. The van der Waals surface area contributed by atoms with Gasteiger partial charge in [0.2, 0.25) is 0 Å². The number of methoxy groups -OCH3 is 1. The minimum atomic E-state index is 0.171. The van der Waals surface area contributed by atoms with E-state index in [0.717, 1.165) is 5.82 Å². The second-order valence-corrected chi connectivity index (χ2v) is 5.77. The third-order valence-electron chi connectivity index (χ3n) is 2.75. The van der Waals surface area contributed by atoms with Crippen LogP contribution in [0.25, 0.3) is 0 Å². The lowest BCUT2D eigenvalue weighted by atomic mass is 10.2. The summed E-state index contributed by atoms with van der Waals surface area (Å²) in [6.45, 7) is 4.54. The monoisotopic (exact) mass is 293 g/mol. The van der Waals surface area contributed by atoms with Crippen molar-refractivity contribution in [3.05, 3.63) is 33.8 Å². The van der Waals surface area contributed by atoms with Crippen LogP contribution in [-0.2, 0) is 11.3 Å². The number of nitrogens with one attached hydrogen (secondary N) is 2. The van der Waals surface area contributed by atoms with E-state index in [-0.39, 0.29) is 6.04 Å². The number of nitrogens with two attached hydrogens (primary N) is 1. The molecule has 0 saturated carbocycles. The number of nitrogen functional groups attached to an aromatic ring is 1. The van der Waals surface area contributed by atoms with Crippen molar-refractivity contribution in [2.45, 2.75) is 26.5 Å². The number of thiophene rings is 1.